The van der Waals surface area contributed by atoms with Crippen molar-refractivity contribution in [2.24, 2.45) is 0 Å². The summed E-state index contributed by atoms with van der Waals surface area (Å²) in [6, 6.07) is 2.61. The lowest BCUT2D eigenvalue weighted by atomic mass is 10.0. The molecule has 0 radical (unpaired) electrons. The number of benzene rings is 1. The van der Waals surface area contributed by atoms with E-state index in [4.69, 9.17) is 16.3 Å². The number of piperidine rings is 1. The number of hydrogen-bond acceptors (Lipinski definition) is 6. The van der Waals surface area contributed by atoms with Crippen molar-refractivity contribution in [1.29, 1.82) is 0 Å². The van der Waals surface area contributed by atoms with Crippen molar-refractivity contribution in [3.8, 4) is 0 Å². The summed E-state index contributed by atoms with van der Waals surface area (Å²) >= 11 is 5.92. The van der Waals surface area contributed by atoms with E-state index in [9.17, 15) is 24.2 Å². The topological polar surface area (TPSA) is 102 Å². The molecule has 2 saturated heterocycles. The second kappa shape index (κ2) is 9.80. The fourth-order valence-electron chi connectivity index (χ4n) is 4.10. The average molecular weight is 472 g/mol. The van der Waals surface area contributed by atoms with Crippen molar-refractivity contribution in [2.75, 3.05) is 25.0 Å². The molecular weight excluding hydrogens is 441 g/mol. The molecular formula is C22H31ClFN3O5. The van der Waals surface area contributed by atoms with Gasteiger partial charge in [-0.3, -0.25) is 4.79 Å². The lowest BCUT2D eigenvalue weighted by Gasteiger charge is -2.40. The van der Waals surface area contributed by atoms with Crippen molar-refractivity contribution < 1.29 is 28.9 Å². The van der Waals surface area contributed by atoms with Crippen LogP contribution in [0.3, 0.4) is 0 Å². The summed E-state index contributed by atoms with van der Waals surface area (Å²) in [4.78, 5) is 29.0. The van der Waals surface area contributed by atoms with Gasteiger partial charge in [-0.15, -0.1) is 0 Å². The summed E-state index contributed by atoms with van der Waals surface area (Å²) in [5.41, 5.74) is -0.333. The Kier molecular flexibility index (Phi) is 7.52. The molecule has 3 N–H and O–H groups in total. The number of hydrogen-bond donors (Lipinski definition) is 3. The van der Waals surface area contributed by atoms with Gasteiger partial charge in [0.2, 0.25) is 5.91 Å². The predicted molar refractivity (Wildman–Crippen MR) is 118 cm³/mol. The minimum atomic E-state index is -1.14. The summed E-state index contributed by atoms with van der Waals surface area (Å²) in [6.07, 6.45) is -1.47. The number of carbonyl (C=O) groups is 2. The highest BCUT2D eigenvalue weighted by atomic mass is 35.5. The van der Waals surface area contributed by atoms with Gasteiger partial charge in [0.05, 0.1) is 12.2 Å². The number of β-amino-alcohol motifs (C(OH)–C–C–N with tert-alkyl or cyclic N) is 1. The van der Waals surface area contributed by atoms with E-state index >= 15 is 0 Å². The van der Waals surface area contributed by atoms with Crippen molar-refractivity contribution in [3.63, 3.8) is 0 Å². The van der Waals surface area contributed by atoms with Crippen LogP contribution in [0.1, 0.15) is 40.0 Å². The summed E-state index contributed by atoms with van der Waals surface area (Å²) in [6.45, 7) is 6.09. The molecule has 3 rings (SSSR count). The maximum absolute atomic E-state index is 13.7. The second-order valence-corrected chi connectivity index (χ2v) is 9.87. The van der Waals surface area contributed by atoms with Crippen LogP contribution in [0.4, 0.5) is 14.9 Å². The third-order valence-corrected chi connectivity index (χ3v) is 5.80. The van der Waals surface area contributed by atoms with Crippen LogP contribution >= 0.6 is 11.6 Å². The van der Waals surface area contributed by atoms with Gasteiger partial charge >= 0.3 is 6.09 Å². The van der Waals surface area contributed by atoms with E-state index in [2.05, 4.69) is 5.32 Å². The minimum Gasteiger partial charge on any atom is -0.444 e. The highest BCUT2D eigenvalue weighted by Gasteiger charge is 2.40. The molecule has 0 bridgehead atoms. The number of nitrogens with zero attached hydrogens (tertiary/aromatic N) is 2. The van der Waals surface area contributed by atoms with E-state index in [1.54, 1.807) is 25.7 Å². The van der Waals surface area contributed by atoms with Crippen molar-refractivity contribution in [2.45, 2.75) is 69.9 Å². The summed E-state index contributed by atoms with van der Waals surface area (Å²) in [5, 5.41) is 23.9. The van der Waals surface area contributed by atoms with Gasteiger partial charge in [0, 0.05) is 42.8 Å². The molecule has 32 heavy (non-hydrogen) atoms. The summed E-state index contributed by atoms with van der Waals surface area (Å²) in [5.74, 6) is -0.893. The average Bonchev–Trinajstić information content (AvgIpc) is 2.78. The number of likely N-dealkylation sites (tertiary alicyclic amines) is 2. The Hall–Kier alpha value is -2.10. The molecule has 8 nitrogen and oxygen atoms in total. The van der Waals surface area contributed by atoms with E-state index in [1.165, 1.54) is 17.0 Å². The monoisotopic (exact) mass is 471 g/mol. The zero-order valence-electron chi connectivity index (χ0n) is 18.6. The third kappa shape index (κ3) is 6.24. The van der Waals surface area contributed by atoms with Crippen LogP contribution in [0, 0.1) is 5.82 Å². The Balaban J connectivity index is 1.78. The van der Waals surface area contributed by atoms with Gasteiger partial charge in [0.25, 0.3) is 0 Å². The normalized spacial score (nSPS) is 27.2. The first kappa shape index (κ1) is 24.5. The smallest absolute Gasteiger partial charge is 0.410 e. The molecule has 2 fully saturated rings. The largest absolute Gasteiger partial charge is 0.444 e. The number of nitrogens with one attached hydrogen (secondary N) is 1. The number of halogens is 2. The number of aliphatic hydroxyl groups excluding tert-OH is 2. The van der Waals surface area contributed by atoms with E-state index in [0.29, 0.717) is 25.1 Å². The fraction of sp³-hybridized carbons (Fsp3) is 0.636. The van der Waals surface area contributed by atoms with Crippen molar-refractivity contribution >= 4 is 29.3 Å². The quantitative estimate of drug-likeness (QED) is 0.626. The van der Waals surface area contributed by atoms with Gasteiger partial charge in [0.1, 0.15) is 17.5 Å². The number of carbonyl (C=O) groups excluding carboxylic acids is 2. The highest BCUT2D eigenvalue weighted by molar-refractivity contribution is 6.30. The molecule has 2 heterocycles. The van der Waals surface area contributed by atoms with Crippen LogP contribution in [0.2, 0.25) is 5.02 Å². The molecule has 0 spiro atoms. The fourth-order valence-corrected chi connectivity index (χ4v) is 4.32. The molecule has 0 saturated carbocycles. The maximum Gasteiger partial charge on any atom is 0.410 e. The zero-order valence-corrected chi connectivity index (χ0v) is 19.3. The first-order chi connectivity index (χ1) is 14.9. The van der Waals surface area contributed by atoms with E-state index in [-0.39, 0.29) is 36.5 Å². The number of rotatable bonds is 3. The lowest BCUT2D eigenvalue weighted by molar-refractivity contribution is -0.136. The molecule has 0 aliphatic carbocycles. The van der Waals surface area contributed by atoms with E-state index in [1.807, 2.05) is 0 Å². The van der Waals surface area contributed by atoms with Crippen LogP contribution < -0.4 is 5.32 Å². The van der Waals surface area contributed by atoms with E-state index in [0.717, 1.165) is 6.07 Å². The Morgan fingerprint density at radius 2 is 1.94 bits per heavy atom. The molecule has 4 atom stereocenters. The number of anilines is 1. The molecule has 178 valence electrons. The molecule has 10 heteroatoms. The van der Waals surface area contributed by atoms with Gasteiger partial charge in [-0.2, -0.15) is 0 Å². The first-order valence-corrected chi connectivity index (χ1v) is 11.2. The van der Waals surface area contributed by atoms with Gasteiger partial charge in [0.15, 0.2) is 0 Å². The Bertz CT molecular complexity index is 829. The molecule has 1 aromatic rings. The Morgan fingerprint density at radius 3 is 2.59 bits per heavy atom. The number of aliphatic hydroxyl groups is 2. The molecule has 2 amide bonds. The van der Waals surface area contributed by atoms with E-state index < -0.39 is 35.8 Å². The molecule has 1 aromatic carbocycles. The van der Waals surface area contributed by atoms with Gasteiger partial charge in [-0.1, -0.05) is 11.6 Å². The van der Waals surface area contributed by atoms with Gasteiger partial charge in [-0.25, -0.2) is 9.18 Å². The third-order valence-electron chi connectivity index (χ3n) is 5.58. The predicted octanol–water partition coefficient (Wildman–Crippen LogP) is 2.61. The van der Waals surface area contributed by atoms with Crippen molar-refractivity contribution in [1.82, 2.24) is 9.80 Å². The number of amides is 2. The molecule has 2 aliphatic rings. The summed E-state index contributed by atoms with van der Waals surface area (Å²) < 4.78 is 19.2. The second-order valence-electron chi connectivity index (χ2n) is 9.44. The van der Waals surface area contributed by atoms with Crippen molar-refractivity contribution in [3.05, 3.63) is 29.0 Å². The lowest BCUT2D eigenvalue weighted by Crippen LogP contribution is -2.55. The standard InChI is InChI=1S/C22H31ClFN3O5/c1-22(2,3)32-21(31)26-6-4-5-16(11-26)27-12-19(29)18(28)10-17(20(27)30)25-15-8-13(23)7-14(24)9-15/h7-9,16-19,25,28-29H,4-6,10-12H2,1-3H3/t16?,17-,18?,19?/m1/s1. The minimum absolute atomic E-state index is 0.0485. The van der Waals surface area contributed by atoms with Crippen LogP contribution in [0.15, 0.2) is 18.2 Å². The molecule has 2 aliphatic heterocycles. The van der Waals surface area contributed by atoms with Crippen LogP contribution in [0.5, 0.6) is 0 Å². The van der Waals surface area contributed by atoms with Gasteiger partial charge in [-0.05, 0) is 51.8 Å². The highest BCUT2D eigenvalue weighted by Crippen LogP contribution is 2.26. The summed E-state index contributed by atoms with van der Waals surface area (Å²) in [7, 11) is 0. The van der Waals surface area contributed by atoms with Crippen LogP contribution in [-0.4, -0.2) is 81.5 Å². The van der Waals surface area contributed by atoms with Crippen LogP contribution in [-0.2, 0) is 9.53 Å². The Morgan fingerprint density at radius 1 is 1.22 bits per heavy atom. The first-order valence-electron chi connectivity index (χ1n) is 10.8. The Labute approximate surface area is 192 Å². The van der Waals surface area contributed by atoms with Crippen LogP contribution in [0.25, 0.3) is 0 Å². The molecule has 0 aromatic heterocycles. The maximum atomic E-state index is 13.7. The SMILES string of the molecule is CC(C)(C)OC(=O)N1CCCC(N2CC(O)C(O)C[C@@H](Nc3cc(F)cc(Cl)c3)C2=O)C1. The molecule has 3 unspecified atom stereocenters. The van der Waals surface area contributed by atoms with Gasteiger partial charge < -0.3 is 30.1 Å². The number of ether oxygens (including phenoxy) is 1. The zero-order chi connectivity index (χ0) is 23.6.